The lowest BCUT2D eigenvalue weighted by molar-refractivity contribution is -0.118. The van der Waals surface area contributed by atoms with Crippen LogP contribution in [0.2, 0.25) is 0 Å². The molecule has 1 aliphatic heterocycles. The summed E-state index contributed by atoms with van der Waals surface area (Å²) in [6, 6.07) is 17.8. The van der Waals surface area contributed by atoms with E-state index in [1.165, 1.54) is 29.2 Å². The first-order valence-electron chi connectivity index (χ1n) is 11.8. The average Bonchev–Trinajstić information content (AvgIpc) is 3.18. The summed E-state index contributed by atoms with van der Waals surface area (Å²) in [6.07, 6.45) is 1.70. The van der Waals surface area contributed by atoms with Crippen molar-refractivity contribution in [2.75, 3.05) is 30.0 Å². The van der Waals surface area contributed by atoms with E-state index in [1.807, 2.05) is 13.8 Å². The topological polar surface area (TPSA) is 77.1 Å². The highest BCUT2D eigenvalue weighted by atomic mass is 32.2. The minimum atomic E-state index is -0.394. The number of ether oxygens (including phenoxy) is 3. The lowest BCUT2D eigenvalue weighted by Crippen LogP contribution is -2.27. The average molecular weight is 553 g/mol. The first kappa shape index (κ1) is 27.2. The summed E-state index contributed by atoms with van der Waals surface area (Å²) in [5, 5.41) is 2.77. The van der Waals surface area contributed by atoms with Crippen LogP contribution in [-0.4, -0.2) is 36.0 Å². The monoisotopic (exact) mass is 552 g/mol. The number of thioether (sulfide) groups is 1. The molecule has 1 aliphatic rings. The van der Waals surface area contributed by atoms with Gasteiger partial charge in [0.2, 0.25) is 0 Å². The molecule has 1 heterocycles. The molecule has 0 atom stereocenters. The molecule has 7 nitrogen and oxygen atoms in total. The van der Waals surface area contributed by atoms with Crippen molar-refractivity contribution in [3.63, 3.8) is 0 Å². The van der Waals surface area contributed by atoms with Gasteiger partial charge in [0.1, 0.15) is 11.6 Å². The molecule has 0 aliphatic carbocycles. The zero-order valence-corrected chi connectivity index (χ0v) is 22.4. The Bertz CT molecular complexity index is 1360. The van der Waals surface area contributed by atoms with Crippen LogP contribution < -0.4 is 24.4 Å². The maximum atomic E-state index is 13.3. The Morgan fingerprint density at radius 3 is 2.37 bits per heavy atom. The maximum absolute atomic E-state index is 13.3. The van der Waals surface area contributed by atoms with Crippen LogP contribution in [0.15, 0.2) is 71.6 Å². The van der Waals surface area contributed by atoms with Crippen molar-refractivity contribution >= 4 is 57.6 Å². The van der Waals surface area contributed by atoms with Gasteiger partial charge in [0.25, 0.3) is 11.8 Å². The Balaban J connectivity index is 1.43. The van der Waals surface area contributed by atoms with Crippen molar-refractivity contribution < 1.29 is 28.2 Å². The number of rotatable bonds is 10. The molecule has 0 aromatic heterocycles. The van der Waals surface area contributed by atoms with E-state index in [-0.39, 0.29) is 18.4 Å². The molecule has 4 rings (SSSR count). The maximum Gasteiger partial charge on any atom is 0.270 e. The van der Waals surface area contributed by atoms with Crippen molar-refractivity contribution in [3.05, 3.63) is 83.0 Å². The Hall–Kier alpha value is -3.89. The van der Waals surface area contributed by atoms with Crippen molar-refractivity contribution in [3.8, 4) is 17.2 Å². The van der Waals surface area contributed by atoms with Gasteiger partial charge in [0.05, 0.1) is 23.8 Å². The number of nitrogens with zero attached hydrogens (tertiary/aromatic N) is 1. The van der Waals surface area contributed by atoms with Gasteiger partial charge in [-0.05, 0) is 86.2 Å². The Morgan fingerprint density at radius 2 is 1.68 bits per heavy atom. The predicted octanol–water partition coefficient (Wildman–Crippen LogP) is 6.05. The molecule has 0 radical (unpaired) electrons. The number of hydrogen-bond acceptors (Lipinski definition) is 7. The Morgan fingerprint density at radius 1 is 0.974 bits per heavy atom. The van der Waals surface area contributed by atoms with Gasteiger partial charge in [0.15, 0.2) is 22.4 Å². The van der Waals surface area contributed by atoms with Crippen LogP contribution in [0.25, 0.3) is 6.08 Å². The summed E-state index contributed by atoms with van der Waals surface area (Å²) in [5.41, 5.74) is 1.82. The predicted molar refractivity (Wildman–Crippen MR) is 151 cm³/mol. The summed E-state index contributed by atoms with van der Waals surface area (Å²) >= 11 is 6.54. The quantitative estimate of drug-likeness (QED) is 0.243. The number of nitrogens with one attached hydrogen (secondary N) is 1. The zero-order valence-electron chi connectivity index (χ0n) is 20.7. The van der Waals surface area contributed by atoms with Crippen LogP contribution in [0.5, 0.6) is 17.2 Å². The number of amides is 2. The van der Waals surface area contributed by atoms with Crippen LogP contribution >= 0.6 is 24.0 Å². The molecule has 3 aromatic rings. The minimum absolute atomic E-state index is 0.219. The smallest absolute Gasteiger partial charge is 0.270 e. The Labute approximate surface area is 229 Å². The highest BCUT2D eigenvalue weighted by Gasteiger charge is 2.33. The van der Waals surface area contributed by atoms with E-state index in [9.17, 15) is 14.0 Å². The van der Waals surface area contributed by atoms with Crippen LogP contribution in [0.1, 0.15) is 19.4 Å². The van der Waals surface area contributed by atoms with Gasteiger partial charge in [-0.2, -0.15) is 0 Å². The van der Waals surface area contributed by atoms with E-state index in [4.69, 9.17) is 26.4 Å². The van der Waals surface area contributed by atoms with E-state index in [1.54, 1.807) is 48.5 Å². The van der Waals surface area contributed by atoms with E-state index in [0.717, 1.165) is 17.5 Å². The van der Waals surface area contributed by atoms with Crippen molar-refractivity contribution in [1.29, 1.82) is 0 Å². The number of anilines is 2. The molecule has 0 bridgehead atoms. The standard InChI is InChI=1S/C28H25FN2O5S2/c1-3-34-22-12-8-20(9-13-22)30-26(32)17-36-23-14-5-18(15-24(23)35-4-2)16-25-27(33)31(28(37)38-25)21-10-6-19(29)7-11-21/h5-16H,3-4,17H2,1-2H3,(H,30,32)/b25-16-. The summed E-state index contributed by atoms with van der Waals surface area (Å²) in [7, 11) is 0. The first-order chi connectivity index (χ1) is 18.4. The molecule has 10 heteroatoms. The summed E-state index contributed by atoms with van der Waals surface area (Å²) < 4.78 is 30.5. The molecule has 38 heavy (non-hydrogen) atoms. The van der Waals surface area contributed by atoms with Gasteiger partial charge in [-0.25, -0.2) is 4.39 Å². The fourth-order valence-corrected chi connectivity index (χ4v) is 4.87. The third kappa shape index (κ3) is 6.70. The van der Waals surface area contributed by atoms with Crippen molar-refractivity contribution in [2.24, 2.45) is 0 Å². The van der Waals surface area contributed by atoms with Gasteiger partial charge >= 0.3 is 0 Å². The second kappa shape index (κ2) is 12.6. The lowest BCUT2D eigenvalue weighted by Gasteiger charge is -2.14. The number of halogens is 1. The molecule has 1 N–H and O–H groups in total. The SMILES string of the molecule is CCOc1ccc(NC(=O)COc2ccc(/C=C3\SC(=S)N(c4ccc(F)cc4)C3=O)cc2OCC)cc1. The molecular formula is C28H25FN2O5S2. The number of carbonyl (C=O) groups excluding carboxylic acids is 2. The molecule has 0 saturated carbocycles. The van der Waals surface area contributed by atoms with Crippen molar-refractivity contribution in [1.82, 2.24) is 0 Å². The normalized spacial score (nSPS) is 14.1. The fourth-order valence-electron chi connectivity index (χ4n) is 3.58. The van der Waals surface area contributed by atoms with Gasteiger partial charge in [-0.15, -0.1) is 0 Å². The molecular weight excluding hydrogens is 527 g/mol. The third-order valence-electron chi connectivity index (χ3n) is 5.25. The van der Waals surface area contributed by atoms with Crippen molar-refractivity contribution in [2.45, 2.75) is 13.8 Å². The van der Waals surface area contributed by atoms with Gasteiger partial charge < -0.3 is 19.5 Å². The largest absolute Gasteiger partial charge is 0.494 e. The van der Waals surface area contributed by atoms with E-state index >= 15 is 0 Å². The van der Waals surface area contributed by atoms with E-state index < -0.39 is 5.82 Å². The van der Waals surface area contributed by atoms with Gasteiger partial charge in [-0.1, -0.05) is 30.0 Å². The molecule has 2 amide bonds. The minimum Gasteiger partial charge on any atom is -0.494 e. The third-order valence-corrected chi connectivity index (χ3v) is 6.55. The lowest BCUT2D eigenvalue weighted by atomic mass is 10.1. The highest BCUT2D eigenvalue weighted by Crippen LogP contribution is 2.37. The second-order valence-corrected chi connectivity index (χ2v) is 9.60. The fraction of sp³-hybridized carbons (Fsp3) is 0.179. The van der Waals surface area contributed by atoms with Gasteiger partial charge in [-0.3, -0.25) is 14.5 Å². The van der Waals surface area contributed by atoms with Gasteiger partial charge in [0, 0.05) is 5.69 Å². The Kier molecular flexibility index (Phi) is 8.98. The second-order valence-electron chi connectivity index (χ2n) is 7.93. The molecule has 0 unspecified atom stereocenters. The summed E-state index contributed by atoms with van der Waals surface area (Å²) in [6.45, 7) is 4.46. The van der Waals surface area contributed by atoms with Crippen LogP contribution in [-0.2, 0) is 9.59 Å². The van der Waals surface area contributed by atoms with E-state index in [0.29, 0.717) is 50.9 Å². The van der Waals surface area contributed by atoms with Crippen LogP contribution in [0, 0.1) is 5.82 Å². The number of carbonyl (C=O) groups is 2. The van der Waals surface area contributed by atoms with Crippen LogP contribution in [0.4, 0.5) is 15.8 Å². The molecule has 0 spiro atoms. The number of thiocarbonyl (C=S) groups is 1. The zero-order chi connectivity index (χ0) is 27.1. The van der Waals surface area contributed by atoms with Crippen LogP contribution in [0.3, 0.4) is 0 Å². The summed E-state index contributed by atoms with van der Waals surface area (Å²) in [4.78, 5) is 27.2. The summed E-state index contributed by atoms with van der Waals surface area (Å²) in [5.74, 6) is 0.532. The van der Waals surface area contributed by atoms with E-state index in [2.05, 4.69) is 5.32 Å². The number of hydrogen-bond donors (Lipinski definition) is 1. The molecule has 1 fully saturated rings. The molecule has 1 saturated heterocycles. The molecule has 3 aromatic carbocycles. The number of benzene rings is 3. The first-order valence-corrected chi connectivity index (χ1v) is 13.1. The molecule has 196 valence electrons. The highest BCUT2D eigenvalue weighted by molar-refractivity contribution is 8.27.